The van der Waals surface area contributed by atoms with E-state index < -0.39 is 4.92 Å². The molecule has 0 spiro atoms. The second kappa shape index (κ2) is 5.22. The highest BCUT2D eigenvalue weighted by molar-refractivity contribution is 9.12. The molecule has 6 heteroatoms. The molecule has 0 rings (SSSR count). The molecule has 1 N–H and O–H groups in total. The van der Waals surface area contributed by atoms with Gasteiger partial charge in [-0.05, 0) is 22.9 Å². The third-order valence-corrected chi connectivity index (χ3v) is 1.62. The van der Waals surface area contributed by atoms with Gasteiger partial charge in [-0.15, -0.1) is 0 Å². The largest absolute Gasteiger partial charge is 0.308 e. The summed E-state index contributed by atoms with van der Waals surface area (Å²) in [6, 6.07) is 1.67. The SMILES string of the molecule is C/C(C#N)=C(\C=C(\Br)C=N)[N+](=O)[O-]. The fourth-order valence-electron chi connectivity index (χ4n) is 0.527. The van der Waals surface area contributed by atoms with Gasteiger partial charge in [0.15, 0.2) is 0 Å². The minimum Gasteiger partial charge on any atom is -0.308 e. The molecular formula is C7H6BrN3O2. The minimum atomic E-state index is -0.663. The molecule has 0 aliphatic heterocycles. The second-order valence-corrected chi connectivity index (χ2v) is 2.97. The highest BCUT2D eigenvalue weighted by Crippen LogP contribution is 2.11. The number of nitro groups is 1. The topological polar surface area (TPSA) is 90.8 Å². The molecule has 5 nitrogen and oxygen atoms in total. The van der Waals surface area contributed by atoms with E-state index >= 15 is 0 Å². The van der Waals surface area contributed by atoms with Gasteiger partial charge >= 0.3 is 0 Å². The summed E-state index contributed by atoms with van der Waals surface area (Å²) in [5.41, 5.74) is -0.304. The van der Waals surface area contributed by atoms with E-state index in [2.05, 4.69) is 15.9 Å². The van der Waals surface area contributed by atoms with Gasteiger partial charge in [0.25, 0.3) is 5.70 Å². The Balaban J connectivity index is 5.22. The monoisotopic (exact) mass is 243 g/mol. The van der Waals surface area contributed by atoms with Crippen molar-refractivity contribution in [3.05, 3.63) is 31.9 Å². The van der Waals surface area contributed by atoms with Crippen LogP contribution < -0.4 is 0 Å². The number of hydrogen-bond donors (Lipinski definition) is 1. The van der Waals surface area contributed by atoms with Gasteiger partial charge in [-0.2, -0.15) is 5.26 Å². The Bertz CT molecular complexity index is 338. The van der Waals surface area contributed by atoms with Crippen molar-refractivity contribution in [2.75, 3.05) is 0 Å². The molecular weight excluding hydrogens is 238 g/mol. The van der Waals surface area contributed by atoms with Crippen LogP contribution in [0.25, 0.3) is 0 Å². The van der Waals surface area contributed by atoms with Gasteiger partial charge in [-0.1, -0.05) is 0 Å². The van der Waals surface area contributed by atoms with Crippen LogP contribution in [0.4, 0.5) is 0 Å². The summed E-state index contributed by atoms with van der Waals surface area (Å²) in [6.45, 7) is 1.35. The molecule has 0 aromatic rings. The fraction of sp³-hybridized carbons (Fsp3) is 0.143. The van der Waals surface area contributed by atoms with Gasteiger partial charge in [0, 0.05) is 16.8 Å². The maximum atomic E-state index is 10.4. The maximum absolute atomic E-state index is 10.4. The van der Waals surface area contributed by atoms with Crippen LogP contribution in [0.2, 0.25) is 0 Å². The number of nitriles is 1. The third kappa shape index (κ3) is 3.62. The molecule has 0 unspecified atom stereocenters. The highest BCUT2D eigenvalue weighted by atomic mass is 79.9. The predicted octanol–water partition coefficient (Wildman–Crippen LogP) is 1.99. The zero-order valence-corrected chi connectivity index (χ0v) is 8.33. The van der Waals surface area contributed by atoms with Crippen LogP contribution in [0.1, 0.15) is 6.92 Å². The number of allylic oxidation sites excluding steroid dienone is 3. The summed E-state index contributed by atoms with van der Waals surface area (Å²) >= 11 is 2.91. The van der Waals surface area contributed by atoms with Crippen molar-refractivity contribution < 1.29 is 4.92 Å². The van der Waals surface area contributed by atoms with Gasteiger partial charge < -0.3 is 5.41 Å². The van der Waals surface area contributed by atoms with Crippen molar-refractivity contribution in [1.29, 1.82) is 10.7 Å². The Hall–Kier alpha value is -1.48. The zero-order valence-electron chi connectivity index (χ0n) is 6.74. The quantitative estimate of drug-likeness (QED) is 0.270. The first kappa shape index (κ1) is 11.5. The van der Waals surface area contributed by atoms with Gasteiger partial charge in [0.2, 0.25) is 0 Å². The van der Waals surface area contributed by atoms with E-state index in [1.807, 2.05) is 0 Å². The highest BCUT2D eigenvalue weighted by Gasteiger charge is 2.12. The molecule has 0 saturated heterocycles. The number of halogens is 1. The average molecular weight is 244 g/mol. The van der Waals surface area contributed by atoms with Crippen molar-refractivity contribution in [2.24, 2.45) is 0 Å². The Labute approximate surface area is 83.1 Å². The Kier molecular flexibility index (Phi) is 4.62. The zero-order chi connectivity index (χ0) is 10.4. The van der Waals surface area contributed by atoms with Crippen LogP contribution >= 0.6 is 15.9 Å². The lowest BCUT2D eigenvalue weighted by atomic mass is 10.2. The van der Waals surface area contributed by atoms with E-state index in [4.69, 9.17) is 10.7 Å². The normalized spacial score (nSPS) is 12.8. The summed E-state index contributed by atoms with van der Waals surface area (Å²) in [5, 5.41) is 25.6. The van der Waals surface area contributed by atoms with Crippen LogP contribution in [0.3, 0.4) is 0 Å². The van der Waals surface area contributed by atoms with Crippen molar-refractivity contribution >= 4 is 22.1 Å². The van der Waals surface area contributed by atoms with Crippen LogP contribution in [0.5, 0.6) is 0 Å². The molecule has 0 bridgehead atoms. The van der Waals surface area contributed by atoms with Gasteiger partial charge in [0.1, 0.15) is 11.6 Å². The number of rotatable bonds is 3. The Morgan fingerprint density at radius 2 is 2.31 bits per heavy atom. The van der Waals surface area contributed by atoms with Crippen molar-refractivity contribution in [1.82, 2.24) is 0 Å². The van der Waals surface area contributed by atoms with E-state index in [1.165, 1.54) is 6.92 Å². The van der Waals surface area contributed by atoms with E-state index in [1.54, 1.807) is 6.07 Å². The first-order valence-electron chi connectivity index (χ1n) is 3.16. The smallest absolute Gasteiger partial charge is 0.283 e. The van der Waals surface area contributed by atoms with Gasteiger partial charge in [-0.25, -0.2) is 0 Å². The van der Waals surface area contributed by atoms with Crippen molar-refractivity contribution in [2.45, 2.75) is 6.92 Å². The average Bonchev–Trinajstić information content (AvgIpc) is 2.11. The van der Waals surface area contributed by atoms with E-state index in [9.17, 15) is 10.1 Å². The van der Waals surface area contributed by atoms with E-state index in [0.29, 0.717) is 0 Å². The maximum Gasteiger partial charge on any atom is 0.283 e. The molecule has 68 valence electrons. The minimum absolute atomic E-state index is 0.00352. The molecule has 0 aliphatic rings. The third-order valence-electron chi connectivity index (χ3n) is 1.16. The molecule has 0 aromatic heterocycles. The van der Waals surface area contributed by atoms with Crippen LogP contribution in [0.15, 0.2) is 21.8 Å². The molecule has 0 heterocycles. The summed E-state index contributed by atoms with van der Waals surface area (Å²) in [5.74, 6) is 0. The summed E-state index contributed by atoms with van der Waals surface area (Å²) in [4.78, 5) is 9.74. The fourth-order valence-corrected chi connectivity index (χ4v) is 0.744. The molecule has 13 heavy (non-hydrogen) atoms. The molecule has 0 radical (unpaired) electrons. The van der Waals surface area contributed by atoms with Crippen molar-refractivity contribution in [3.8, 4) is 6.07 Å². The first-order chi connectivity index (χ1) is 6.02. The Morgan fingerprint density at radius 1 is 1.77 bits per heavy atom. The van der Waals surface area contributed by atoms with Gasteiger partial charge in [0.05, 0.1) is 4.92 Å². The van der Waals surface area contributed by atoms with Gasteiger partial charge in [-0.3, -0.25) is 10.1 Å². The molecule has 0 aliphatic carbocycles. The molecule has 0 aromatic carbocycles. The standard InChI is InChI=1S/C7H6BrN3O2/c1-5(3-9)7(11(12)13)2-6(8)4-10/h2,4,10H,1H3/b6-2+,7-5-,10-4?. The second-order valence-electron chi connectivity index (χ2n) is 2.05. The van der Waals surface area contributed by atoms with Crippen LogP contribution in [-0.4, -0.2) is 11.1 Å². The van der Waals surface area contributed by atoms with Crippen LogP contribution in [-0.2, 0) is 0 Å². The van der Waals surface area contributed by atoms with Crippen LogP contribution in [0, 0.1) is 26.9 Å². The lowest BCUT2D eigenvalue weighted by Gasteiger charge is -1.92. The lowest BCUT2D eigenvalue weighted by Crippen LogP contribution is -1.99. The predicted molar refractivity (Wildman–Crippen MR) is 51.1 cm³/mol. The van der Waals surface area contributed by atoms with E-state index in [0.717, 1.165) is 12.3 Å². The number of hydrogen-bond acceptors (Lipinski definition) is 4. The van der Waals surface area contributed by atoms with E-state index in [-0.39, 0.29) is 15.8 Å². The first-order valence-corrected chi connectivity index (χ1v) is 3.95. The molecule has 0 atom stereocenters. The molecule has 0 saturated carbocycles. The number of nitrogens with one attached hydrogen (secondary N) is 1. The number of nitrogens with zero attached hydrogens (tertiary/aromatic N) is 2. The summed E-state index contributed by atoms with van der Waals surface area (Å²) in [7, 11) is 0. The Morgan fingerprint density at radius 3 is 2.62 bits per heavy atom. The molecule has 0 amide bonds. The van der Waals surface area contributed by atoms with Crippen molar-refractivity contribution in [3.63, 3.8) is 0 Å². The lowest BCUT2D eigenvalue weighted by molar-refractivity contribution is -0.419. The molecule has 0 fully saturated rings. The summed E-state index contributed by atoms with van der Waals surface area (Å²) in [6.07, 6.45) is 2.03. The summed E-state index contributed by atoms with van der Waals surface area (Å²) < 4.78 is 0.244.